The molecule has 4 N–H and O–H groups in total. The number of aromatic amines is 1. The zero-order valence-electron chi connectivity index (χ0n) is 23.7. The van der Waals surface area contributed by atoms with Gasteiger partial charge in [-0.3, -0.25) is 14.4 Å². The predicted octanol–water partition coefficient (Wildman–Crippen LogP) is 3.28. The van der Waals surface area contributed by atoms with E-state index in [0.717, 1.165) is 5.56 Å². The number of hydrogen-bond acceptors (Lipinski definition) is 6. The predicted molar refractivity (Wildman–Crippen MR) is 154 cm³/mol. The summed E-state index contributed by atoms with van der Waals surface area (Å²) in [6.07, 6.45) is 1.23. The summed E-state index contributed by atoms with van der Waals surface area (Å²) in [5.41, 5.74) is 1.55. The minimum Gasteiger partial charge on any atom is -0.434 e. The van der Waals surface area contributed by atoms with Gasteiger partial charge in [-0.05, 0) is 49.6 Å². The van der Waals surface area contributed by atoms with Crippen molar-refractivity contribution in [2.24, 2.45) is 5.92 Å². The van der Waals surface area contributed by atoms with Crippen molar-refractivity contribution in [2.45, 2.75) is 56.8 Å². The van der Waals surface area contributed by atoms with E-state index in [1.165, 1.54) is 17.0 Å². The highest BCUT2D eigenvalue weighted by atomic mass is 19.3. The number of nitrogens with zero attached hydrogens (tertiary/aromatic N) is 2. The number of likely N-dealkylation sites (N-methyl/N-ethyl adjacent to an activating group) is 1. The fourth-order valence-electron chi connectivity index (χ4n) is 6.10. The molecule has 2 unspecified atom stereocenters. The lowest BCUT2D eigenvalue weighted by molar-refractivity contribution is -0.127. The van der Waals surface area contributed by atoms with Crippen molar-refractivity contribution in [3.8, 4) is 11.8 Å². The maximum Gasteiger partial charge on any atom is 0.387 e. The van der Waals surface area contributed by atoms with E-state index in [4.69, 9.17) is 0 Å². The molecule has 2 aromatic carbocycles. The molecule has 0 radical (unpaired) electrons. The molecule has 0 saturated carbocycles. The second kappa shape index (κ2) is 13.2. The van der Waals surface area contributed by atoms with Gasteiger partial charge < -0.3 is 30.6 Å². The standard InChI is InChI=1S/C31H34F2N6O4/c1-2-35-25(16-34)23(13-19-11-12-36-28(19)40)38-29(41)26-14-20(18-7-4-3-5-8-18)17-39(26)30(42)24-15-21-22(37-24)9-6-10-27(21)43-31(32)33/h3-10,15,19-20,23,25-26,31,35,37H,2,11-14,17H2,1H3,(H,36,40)(H,38,41)/t19-,20+,23-,25?,26?/m0/s1. The van der Waals surface area contributed by atoms with Crippen LogP contribution in [0.1, 0.15) is 48.2 Å². The average Bonchev–Trinajstić information content (AvgIpc) is 3.74. The monoisotopic (exact) mass is 592 g/mol. The zero-order valence-corrected chi connectivity index (χ0v) is 23.7. The fourth-order valence-corrected chi connectivity index (χ4v) is 6.10. The van der Waals surface area contributed by atoms with Gasteiger partial charge in [0.1, 0.15) is 23.5 Å². The molecule has 2 saturated heterocycles. The number of fused-ring (bicyclic) bond motifs is 1. The van der Waals surface area contributed by atoms with Crippen LogP contribution in [0.2, 0.25) is 0 Å². The first-order valence-electron chi connectivity index (χ1n) is 14.4. The third-order valence-electron chi connectivity index (χ3n) is 8.20. The SMILES string of the molecule is CCNC(C#N)[C@H](C[C@@H]1CCNC1=O)NC(=O)C1C[C@@H](c2ccccc2)CN1C(=O)c1cc2c(OC(F)F)cccc2[nH]1. The van der Waals surface area contributed by atoms with Crippen LogP contribution in [0.15, 0.2) is 54.6 Å². The van der Waals surface area contributed by atoms with Crippen LogP contribution in [0, 0.1) is 17.2 Å². The number of alkyl halides is 2. The second-order valence-corrected chi connectivity index (χ2v) is 10.9. The largest absolute Gasteiger partial charge is 0.434 e. The lowest BCUT2D eigenvalue weighted by atomic mass is 9.93. The molecular weight excluding hydrogens is 558 g/mol. The molecule has 0 spiro atoms. The fraction of sp³-hybridized carbons (Fsp3) is 0.419. The zero-order chi connectivity index (χ0) is 30.5. The molecule has 0 aliphatic carbocycles. The number of rotatable bonds is 11. The van der Waals surface area contributed by atoms with Gasteiger partial charge in [-0.1, -0.05) is 43.3 Å². The highest BCUT2D eigenvalue weighted by Gasteiger charge is 2.42. The van der Waals surface area contributed by atoms with Crippen molar-refractivity contribution < 1.29 is 27.9 Å². The number of carbonyl (C=O) groups excluding carboxylic acids is 3. The van der Waals surface area contributed by atoms with Crippen LogP contribution in [0.3, 0.4) is 0 Å². The van der Waals surface area contributed by atoms with E-state index in [2.05, 4.69) is 31.7 Å². The second-order valence-electron chi connectivity index (χ2n) is 10.9. The number of nitriles is 1. The molecule has 3 heterocycles. The number of H-pyrrole nitrogens is 1. The Labute approximate surface area is 247 Å². The van der Waals surface area contributed by atoms with Crippen LogP contribution in [0.4, 0.5) is 8.78 Å². The Morgan fingerprint density at radius 1 is 1.19 bits per heavy atom. The first-order chi connectivity index (χ1) is 20.8. The molecule has 3 aromatic rings. The molecular formula is C31H34F2N6O4. The molecule has 2 aliphatic heterocycles. The lowest BCUT2D eigenvalue weighted by Crippen LogP contribution is -2.55. The molecule has 226 valence electrons. The summed E-state index contributed by atoms with van der Waals surface area (Å²) in [5.74, 6) is -1.54. The smallest absolute Gasteiger partial charge is 0.387 e. The highest BCUT2D eigenvalue weighted by molar-refractivity contribution is 6.02. The number of ether oxygens (including phenoxy) is 1. The van der Waals surface area contributed by atoms with Gasteiger partial charge in [-0.15, -0.1) is 0 Å². The van der Waals surface area contributed by atoms with Crippen molar-refractivity contribution in [3.63, 3.8) is 0 Å². The van der Waals surface area contributed by atoms with Crippen LogP contribution in [-0.2, 0) is 9.59 Å². The number of aromatic nitrogens is 1. The molecule has 43 heavy (non-hydrogen) atoms. The van der Waals surface area contributed by atoms with Gasteiger partial charge in [0.15, 0.2) is 0 Å². The van der Waals surface area contributed by atoms with Gasteiger partial charge in [-0.25, -0.2) is 0 Å². The summed E-state index contributed by atoms with van der Waals surface area (Å²) in [7, 11) is 0. The summed E-state index contributed by atoms with van der Waals surface area (Å²) in [6.45, 7) is 0.108. The van der Waals surface area contributed by atoms with E-state index >= 15 is 0 Å². The molecule has 1 aromatic heterocycles. The van der Waals surface area contributed by atoms with Gasteiger partial charge in [0.05, 0.1) is 12.1 Å². The third-order valence-corrected chi connectivity index (χ3v) is 8.20. The van der Waals surface area contributed by atoms with E-state index in [-0.39, 0.29) is 42.2 Å². The Kier molecular flexibility index (Phi) is 9.21. The van der Waals surface area contributed by atoms with Crippen molar-refractivity contribution in [1.29, 1.82) is 5.26 Å². The Morgan fingerprint density at radius 3 is 2.65 bits per heavy atom. The summed E-state index contributed by atoms with van der Waals surface area (Å²) in [6, 6.07) is 15.6. The lowest BCUT2D eigenvalue weighted by Gasteiger charge is -2.29. The first-order valence-corrected chi connectivity index (χ1v) is 14.4. The number of halogens is 2. The normalized spacial score (nSPS) is 21.4. The Morgan fingerprint density at radius 2 is 1.98 bits per heavy atom. The van der Waals surface area contributed by atoms with Gasteiger partial charge in [0.25, 0.3) is 5.91 Å². The number of amides is 3. The van der Waals surface area contributed by atoms with Crippen molar-refractivity contribution in [2.75, 3.05) is 19.6 Å². The van der Waals surface area contributed by atoms with Crippen LogP contribution in [0.25, 0.3) is 10.9 Å². The molecule has 2 fully saturated rings. The molecule has 0 bridgehead atoms. The number of nitrogens with one attached hydrogen (secondary N) is 4. The third kappa shape index (κ3) is 6.62. The quantitative estimate of drug-likeness (QED) is 0.270. The minimum absolute atomic E-state index is 0.0644. The van der Waals surface area contributed by atoms with Crippen LogP contribution in [0.5, 0.6) is 5.75 Å². The van der Waals surface area contributed by atoms with E-state index in [1.807, 2.05) is 37.3 Å². The molecule has 2 aliphatic rings. The first kappa shape index (κ1) is 30.0. The maximum absolute atomic E-state index is 13.9. The van der Waals surface area contributed by atoms with Crippen LogP contribution < -0.4 is 20.7 Å². The topological polar surface area (TPSA) is 139 Å². The number of benzene rings is 2. The Hall–Kier alpha value is -4.50. The minimum atomic E-state index is -3.03. The molecule has 10 nitrogen and oxygen atoms in total. The van der Waals surface area contributed by atoms with Crippen molar-refractivity contribution in [3.05, 3.63) is 65.9 Å². The van der Waals surface area contributed by atoms with Crippen LogP contribution >= 0.6 is 0 Å². The van der Waals surface area contributed by atoms with E-state index < -0.39 is 36.6 Å². The summed E-state index contributed by atoms with van der Waals surface area (Å²) in [4.78, 5) is 44.7. The van der Waals surface area contributed by atoms with Crippen molar-refractivity contribution in [1.82, 2.24) is 25.8 Å². The van der Waals surface area contributed by atoms with Gasteiger partial charge >= 0.3 is 6.61 Å². The van der Waals surface area contributed by atoms with Crippen molar-refractivity contribution >= 4 is 28.6 Å². The van der Waals surface area contributed by atoms with Gasteiger partial charge in [0, 0.05) is 35.8 Å². The van der Waals surface area contributed by atoms with Gasteiger partial charge in [0.2, 0.25) is 11.8 Å². The number of hydrogen-bond donors (Lipinski definition) is 4. The average molecular weight is 593 g/mol. The van der Waals surface area contributed by atoms with E-state index in [9.17, 15) is 28.4 Å². The Balaban J connectivity index is 1.44. The van der Waals surface area contributed by atoms with E-state index in [0.29, 0.717) is 36.8 Å². The maximum atomic E-state index is 13.9. The summed E-state index contributed by atoms with van der Waals surface area (Å²) >= 11 is 0. The molecule has 12 heteroatoms. The number of carbonyl (C=O) groups is 3. The van der Waals surface area contributed by atoms with Gasteiger partial charge in [-0.2, -0.15) is 14.0 Å². The Bertz CT molecular complexity index is 1510. The van der Waals surface area contributed by atoms with Crippen LogP contribution in [-0.4, -0.2) is 72.0 Å². The number of likely N-dealkylation sites (tertiary alicyclic amines) is 1. The molecule has 3 amide bonds. The molecule has 5 rings (SSSR count). The van der Waals surface area contributed by atoms with E-state index in [1.54, 1.807) is 12.1 Å². The highest BCUT2D eigenvalue weighted by Crippen LogP contribution is 2.35. The summed E-state index contributed by atoms with van der Waals surface area (Å²) in [5, 5.41) is 19.1. The summed E-state index contributed by atoms with van der Waals surface area (Å²) < 4.78 is 30.6. The molecule has 5 atom stereocenters.